The largest absolute Gasteiger partial charge is 0.490 e. The molecule has 0 atom stereocenters. The number of imidazole rings is 1. The van der Waals surface area contributed by atoms with Crippen molar-refractivity contribution in [3.05, 3.63) is 53.8 Å². The molecule has 110 valence electrons. The van der Waals surface area contributed by atoms with Crippen molar-refractivity contribution in [1.82, 2.24) is 9.38 Å². The fourth-order valence-corrected chi connectivity index (χ4v) is 3.21. The zero-order valence-electron chi connectivity index (χ0n) is 11.7. The highest BCUT2D eigenvalue weighted by Gasteiger charge is 2.21. The van der Waals surface area contributed by atoms with Gasteiger partial charge in [-0.2, -0.15) is 0 Å². The summed E-state index contributed by atoms with van der Waals surface area (Å²) in [6.07, 6.45) is 7.10. The van der Waals surface area contributed by atoms with Crippen LogP contribution in [0, 0.1) is 0 Å². The Hall–Kier alpha value is -2.60. The van der Waals surface area contributed by atoms with Crippen LogP contribution in [0.4, 0.5) is 5.69 Å². The average molecular weight is 311 g/mol. The number of hydrogen-bond acceptors (Lipinski definition) is 4. The number of anilines is 1. The third kappa shape index (κ3) is 2.17. The lowest BCUT2D eigenvalue weighted by molar-refractivity contribution is -0.114. The molecule has 0 spiro atoms. The number of benzene rings is 1. The summed E-state index contributed by atoms with van der Waals surface area (Å²) < 4.78 is 7.53. The van der Waals surface area contributed by atoms with Crippen molar-refractivity contribution in [2.24, 2.45) is 0 Å². The Kier molecular flexibility index (Phi) is 3.16. The molecule has 4 rings (SSSR count). The Morgan fingerprint density at radius 2 is 2.27 bits per heavy atom. The minimum Gasteiger partial charge on any atom is -0.490 e. The van der Waals surface area contributed by atoms with Crippen LogP contribution >= 0.6 is 11.3 Å². The van der Waals surface area contributed by atoms with Gasteiger partial charge in [-0.1, -0.05) is 12.1 Å². The Morgan fingerprint density at radius 1 is 1.36 bits per heavy atom. The molecular formula is C16H13N3O2S. The number of fused-ring (bicyclic) bond motifs is 2. The first-order chi connectivity index (χ1) is 10.8. The van der Waals surface area contributed by atoms with E-state index in [4.69, 9.17) is 4.74 Å². The summed E-state index contributed by atoms with van der Waals surface area (Å²) in [5, 5.41) is 1.97. The van der Waals surface area contributed by atoms with Crippen molar-refractivity contribution in [2.45, 2.75) is 0 Å². The third-order valence-electron chi connectivity index (χ3n) is 3.57. The molecule has 0 unspecified atom stereocenters. The number of para-hydroxylation sites is 2. The van der Waals surface area contributed by atoms with Gasteiger partial charge in [0.2, 0.25) is 0 Å². The van der Waals surface area contributed by atoms with Crippen molar-refractivity contribution in [2.75, 3.05) is 18.1 Å². The number of thiazole rings is 1. The molecule has 0 fully saturated rings. The molecule has 0 saturated carbocycles. The van der Waals surface area contributed by atoms with Crippen molar-refractivity contribution in [1.29, 1.82) is 0 Å². The summed E-state index contributed by atoms with van der Waals surface area (Å²) in [7, 11) is 0. The lowest BCUT2D eigenvalue weighted by Crippen LogP contribution is -2.36. The molecule has 1 aromatic carbocycles. The Labute approximate surface area is 131 Å². The normalized spacial score (nSPS) is 14.3. The van der Waals surface area contributed by atoms with Gasteiger partial charge in [-0.15, -0.1) is 11.3 Å². The smallest absolute Gasteiger partial charge is 0.251 e. The minimum absolute atomic E-state index is 0.0547. The Balaban J connectivity index is 1.61. The van der Waals surface area contributed by atoms with E-state index in [1.165, 1.54) is 0 Å². The first-order valence-corrected chi connectivity index (χ1v) is 7.83. The first kappa shape index (κ1) is 13.1. The molecule has 0 bridgehead atoms. The molecule has 1 aliphatic heterocycles. The molecule has 6 heteroatoms. The van der Waals surface area contributed by atoms with Crippen LogP contribution in [0.2, 0.25) is 0 Å². The van der Waals surface area contributed by atoms with E-state index in [9.17, 15) is 4.79 Å². The van der Waals surface area contributed by atoms with E-state index in [1.54, 1.807) is 34.6 Å². The maximum atomic E-state index is 12.5. The van der Waals surface area contributed by atoms with E-state index in [0.29, 0.717) is 13.2 Å². The monoisotopic (exact) mass is 311 g/mol. The second-order valence-corrected chi connectivity index (χ2v) is 5.75. The van der Waals surface area contributed by atoms with Gasteiger partial charge < -0.3 is 9.64 Å². The number of ether oxygens (including phenoxy) is 1. The van der Waals surface area contributed by atoms with E-state index >= 15 is 0 Å². The van der Waals surface area contributed by atoms with Gasteiger partial charge in [0.1, 0.15) is 12.4 Å². The zero-order chi connectivity index (χ0) is 14.9. The van der Waals surface area contributed by atoms with Crippen LogP contribution in [0.25, 0.3) is 11.0 Å². The molecule has 3 heterocycles. The van der Waals surface area contributed by atoms with Gasteiger partial charge in [0.05, 0.1) is 24.1 Å². The van der Waals surface area contributed by atoms with Crippen LogP contribution in [-0.4, -0.2) is 28.4 Å². The second kappa shape index (κ2) is 5.31. The van der Waals surface area contributed by atoms with Gasteiger partial charge in [-0.3, -0.25) is 9.20 Å². The van der Waals surface area contributed by atoms with Crippen LogP contribution in [0.15, 0.2) is 48.1 Å². The lowest BCUT2D eigenvalue weighted by Gasteiger charge is -2.28. The molecule has 5 nitrogen and oxygen atoms in total. The molecule has 1 aliphatic rings. The zero-order valence-corrected chi connectivity index (χ0v) is 12.5. The predicted octanol–water partition coefficient (Wildman–Crippen LogP) is 2.83. The maximum absolute atomic E-state index is 12.5. The van der Waals surface area contributed by atoms with E-state index < -0.39 is 0 Å². The van der Waals surface area contributed by atoms with Gasteiger partial charge in [0, 0.05) is 17.7 Å². The highest BCUT2D eigenvalue weighted by atomic mass is 32.1. The van der Waals surface area contributed by atoms with Gasteiger partial charge in [0.25, 0.3) is 5.91 Å². The van der Waals surface area contributed by atoms with Gasteiger partial charge in [-0.05, 0) is 18.2 Å². The van der Waals surface area contributed by atoms with Gasteiger partial charge in [0.15, 0.2) is 4.96 Å². The number of nitrogens with zero attached hydrogens (tertiary/aromatic N) is 3. The minimum atomic E-state index is -0.0547. The fourth-order valence-electron chi connectivity index (χ4n) is 2.51. The molecule has 0 N–H and O–H groups in total. The van der Waals surface area contributed by atoms with E-state index in [-0.39, 0.29) is 5.91 Å². The Morgan fingerprint density at radius 3 is 3.23 bits per heavy atom. The number of hydrogen-bond donors (Lipinski definition) is 0. The van der Waals surface area contributed by atoms with Crippen LogP contribution in [0.1, 0.15) is 5.69 Å². The summed E-state index contributed by atoms with van der Waals surface area (Å²) in [6, 6.07) is 7.59. The van der Waals surface area contributed by atoms with E-state index in [1.807, 2.05) is 40.2 Å². The van der Waals surface area contributed by atoms with Gasteiger partial charge >= 0.3 is 0 Å². The Bertz CT molecular complexity index is 865. The molecule has 2 aromatic heterocycles. The predicted molar refractivity (Wildman–Crippen MR) is 86.4 cm³/mol. The van der Waals surface area contributed by atoms with Crippen LogP contribution in [0.5, 0.6) is 5.75 Å². The quantitative estimate of drug-likeness (QED) is 0.684. The topological polar surface area (TPSA) is 46.8 Å². The fraction of sp³-hybridized carbons (Fsp3) is 0.125. The molecule has 0 aliphatic carbocycles. The molecule has 22 heavy (non-hydrogen) atoms. The van der Waals surface area contributed by atoms with Crippen LogP contribution in [0.3, 0.4) is 0 Å². The standard InChI is InChI=1S/C16H13N3O2S/c20-15(6-5-12-11-17-16-18(12)8-10-22-16)19-7-9-21-14-4-2-1-3-13(14)19/h1-6,8,10-11H,7,9H2/b6-5+. The number of rotatable bonds is 2. The molecular weight excluding hydrogens is 298 g/mol. The summed E-state index contributed by atoms with van der Waals surface area (Å²) in [6.45, 7) is 1.07. The highest BCUT2D eigenvalue weighted by Crippen LogP contribution is 2.31. The molecule has 0 radical (unpaired) electrons. The summed E-state index contributed by atoms with van der Waals surface area (Å²) in [5.74, 6) is 0.695. The van der Waals surface area contributed by atoms with E-state index in [0.717, 1.165) is 22.1 Å². The SMILES string of the molecule is O=C(/C=C/c1cnc2sccn12)N1CCOc2ccccc21. The van der Waals surface area contributed by atoms with Crippen molar-refractivity contribution >= 4 is 34.0 Å². The van der Waals surface area contributed by atoms with Crippen molar-refractivity contribution < 1.29 is 9.53 Å². The first-order valence-electron chi connectivity index (χ1n) is 6.95. The van der Waals surface area contributed by atoms with Crippen molar-refractivity contribution in [3.63, 3.8) is 0 Å². The number of aromatic nitrogens is 2. The second-order valence-electron chi connectivity index (χ2n) is 4.88. The van der Waals surface area contributed by atoms with Crippen LogP contribution in [-0.2, 0) is 4.79 Å². The lowest BCUT2D eigenvalue weighted by atomic mass is 10.2. The number of carbonyl (C=O) groups excluding carboxylic acids is 1. The summed E-state index contributed by atoms with van der Waals surface area (Å²) in [5.41, 5.74) is 1.71. The van der Waals surface area contributed by atoms with Crippen LogP contribution < -0.4 is 9.64 Å². The number of carbonyl (C=O) groups is 1. The number of amides is 1. The van der Waals surface area contributed by atoms with Crippen molar-refractivity contribution in [3.8, 4) is 5.75 Å². The maximum Gasteiger partial charge on any atom is 0.251 e. The molecule has 0 saturated heterocycles. The average Bonchev–Trinajstić information content (AvgIpc) is 3.16. The summed E-state index contributed by atoms with van der Waals surface area (Å²) >= 11 is 1.57. The van der Waals surface area contributed by atoms with E-state index in [2.05, 4.69) is 4.98 Å². The molecule has 3 aromatic rings. The highest BCUT2D eigenvalue weighted by molar-refractivity contribution is 7.15. The van der Waals surface area contributed by atoms with Gasteiger partial charge in [-0.25, -0.2) is 4.98 Å². The third-order valence-corrected chi connectivity index (χ3v) is 4.34. The summed E-state index contributed by atoms with van der Waals surface area (Å²) in [4.78, 5) is 19.4. The molecule has 1 amide bonds.